The van der Waals surface area contributed by atoms with E-state index in [-0.39, 0.29) is 6.61 Å². The predicted molar refractivity (Wildman–Crippen MR) is 69.0 cm³/mol. The summed E-state index contributed by atoms with van der Waals surface area (Å²) in [5.74, 6) is 0. The fraction of sp³-hybridized carbons (Fsp3) is 0.500. The van der Waals surface area contributed by atoms with Crippen molar-refractivity contribution in [3.8, 4) is 0 Å². The Bertz CT molecular complexity index is 478. The molecule has 6 nitrogen and oxygen atoms in total. The van der Waals surface area contributed by atoms with E-state index in [9.17, 15) is 14.3 Å². The zero-order valence-electron chi connectivity index (χ0n) is 11.4. The smallest absolute Gasteiger partial charge is 0.429 e. The number of alkyl halides is 1. The van der Waals surface area contributed by atoms with Crippen LogP contribution in [-0.2, 0) is 20.8 Å². The van der Waals surface area contributed by atoms with Gasteiger partial charge in [-0.3, -0.25) is 0 Å². The van der Waals surface area contributed by atoms with Crippen LogP contribution in [0, 0.1) is 0 Å². The molecule has 1 heterocycles. The molecule has 116 valence electrons. The van der Waals surface area contributed by atoms with E-state index >= 15 is 0 Å². The molecule has 0 spiro atoms. The Labute approximate surface area is 121 Å². The van der Waals surface area contributed by atoms with Crippen molar-refractivity contribution in [2.24, 2.45) is 0 Å². The summed E-state index contributed by atoms with van der Waals surface area (Å²) in [6.45, 7) is 0.415. The van der Waals surface area contributed by atoms with Gasteiger partial charge >= 0.3 is 6.16 Å². The van der Waals surface area contributed by atoms with Gasteiger partial charge in [0.2, 0.25) is 0 Å². The molecular weight excluding hydrogens is 283 g/mol. The number of ether oxygens (including phenoxy) is 3. The number of rotatable bonds is 4. The minimum absolute atomic E-state index is 0.0252. The number of benzene rings is 1. The Balaban J connectivity index is 1.92. The average Bonchev–Trinajstić information content (AvgIpc) is 2.69. The molecule has 7 heteroatoms. The van der Waals surface area contributed by atoms with Gasteiger partial charge in [-0.15, -0.1) is 0 Å². The van der Waals surface area contributed by atoms with E-state index in [1.165, 1.54) is 0 Å². The predicted octanol–water partition coefficient (Wildman–Crippen LogP) is 1.15. The SMILES string of the molecule is C[C@]1(F)[C@H](O)O[C@H](CO)[C@H]1OC(=O)OCc1ccccc1. The van der Waals surface area contributed by atoms with Gasteiger partial charge in [0.1, 0.15) is 12.7 Å². The van der Waals surface area contributed by atoms with Crippen molar-refractivity contribution < 1.29 is 33.6 Å². The minimum Gasteiger partial charge on any atom is -0.429 e. The summed E-state index contributed by atoms with van der Waals surface area (Å²) in [5.41, 5.74) is -1.57. The van der Waals surface area contributed by atoms with Crippen molar-refractivity contribution in [3.05, 3.63) is 35.9 Å². The molecule has 1 fully saturated rings. The maximum absolute atomic E-state index is 14.2. The topological polar surface area (TPSA) is 85.2 Å². The zero-order chi connectivity index (χ0) is 15.5. The highest BCUT2D eigenvalue weighted by atomic mass is 19.1. The van der Waals surface area contributed by atoms with E-state index in [4.69, 9.17) is 19.3 Å². The Hall–Kier alpha value is -1.70. The molecule has 1 aliphatic rings. The molecular formula is C14H17FO6. The summed E-state index contributed by atoms with van der Waals surface area (Å²) in [6.07, 6.45) is -5.45. The number of aliphatic hydroxyl groups excluding tert-OH is 2. The fourth-order valence-electron chi connectivity index (χ4n) is 2.06. The highest BCUT2D eigenvalue weighted by Crippen LogP contribution is 2.35. The molecule has 2 rings (SSSR count). The summed E-state index contributed by atoms with van der Waals surface area (Å²) in [7, 11) is 0. The van der Waals surface area contributed by atoms with Gasteiger partial charge in [-0.05, 0) is 12.5 Å². The molecule has 0 amide bonds. The third kappa shape index (κ3) is 3.49. The van der Waals surface area contributed by atoms with Gasteiger partial charge in [0.25, 0.3) is 0 Å². The first-order chi connectivity index (χ1) is 9.95. The number of halogens is 1. The lowest BCUT2D eigenvalue weighted by Crippen LogP contribution is -2.45. The van der Waals surface area contributed by atoms with Crippen molar-refractivity contribution in [1.29, 1.82) is 0 Å². The first-order valence-electron chi connectivity index (χ1n) is 6.45. The van der Waals surface area contributed by atoms with Gasteiger partial charge in [-0.25, -0.2) is 9.18 Å². The lowest BCUT2D eigenvalue weighted by Gasteiger charge is -2.24. The van der Waals surface area contributed by atoms with Gasteiger partial charge in [0.15, 0.2) is 18.1 Å². The molecule has 1 aromatic carbocycles. The van der Waals surface area contributed by atoms with E-state index in [0.29, 0.717) is 0 Å². The van der Waals surface area contributed by atoms with E-state index < -0.39 is 36.9 Å². The van der Waals surface area contributed by atoms with Crippen molar-refractivity contribution in [3.63, 3.8) is 0 Å². The fourth-order valence-corrected chi connectivity index (χ4v) is 2.06. The number of hydrogen-bond acceptors (Lipinski definition) is 6. The van der Waals surface area contributed by atoms with Crippen LogP contribution in [0.5, 0.6) is 0 Å². The highest BCUT2D eigenvalue weighted by Gasteiger charge is 2.56. The average molecular weight is 300 g/mol. The molecule has 1 aliphatic heterocycles. The quantitative estimate of drug-likeness (QED) is 0.811. The molecule has 0 radical (unpaired) electrons. The van der Waals surface area contributed by atoms with Crippen molar-refractivity contribution >= 4 is 6.16 Å². The van der Waals surface area contributed by atoms with Gasteiger partial charge in [0, 0.05) is 0 Å². The minimum atomic E-state index is -2.32. The number of aliphatic hydroxyl groups is 2. The van der Waals surface area contributed by atoms with Crippen LogP contribution in [0.2, 0.25) is 0 Å². The maximum Gasteiger partial charge on any atom is 0.509 e. The molecule has 4 atom stereocenters. The van der Waals surface area contributed by atoms with Crippen LogP contribution in [0.15, 0.2) is 30.3 Å². The van der Waals surface area contributed by atoms with E-state index in [1.807, 2.05) is 6.07 Å². The summed E-state index contributed by atoms with van der Waals surface area (Å²) in [4.78, 5) is 11.6. The monoisotopic (exact) mass is 300 g/mol. The van der Waals surface area contributed by atoms with Gasteiger partial charge in [-0.1, -0.05) is 30.3 Å². The van der Waals surface area contributed by atoms with Crippen LogP contribution in [-0.4, -0.2) is 47.1 Å². The van der Waals surface area contributed by atoms with Crippen LogP contribution < -0.4 is 0 Å². The van der Waals surface area contributed by atoms with Crippen LogP contribution in [0.1, 0.15) is 12.5 Å². The van der Waals surface area contributed by atoms with Crippen molar-refractivity contribution in [1.82, 2.24) is 0 Å². The standard InChI is InChI=1S/C14H17FO6/c1-14(15)11(10(7-16)20-12(14)17)21-13(18)19-8-9-5-3-2-4-6-9/h2-6,10-12,16-17H,7-8H2,1H3/t10-,11-,12-,14-/m1/s1. The second-order valence-corrected chi connectivity index (χ2v) is 4.92. The molecule has 2 N–H and O–H groups in total. The van der Waals surface area contributed by atoms with Gasteiger partial charge in [-0.2, -0.15) is 0 Å². The normalized spacial score (nSPS) is 31.9. The van der Waals surface area contributed by atoms with E-state index in [2.05, 4.69) is 0 Å². The second-order valence-electron chi connectivity index (χ2n) is 4.92. The molecule has 1 aromatic rings. The van der Waals surface area contributed by atoms with Crippen molar-refractivity contribution in [2.75, 3.05) is 6.61 Å². The summed E-state index contributed by atoms with van der Waals surface area (Å²) in [5, 5.41) is 18.5. The molecule has 0 unspecified atom stereocenters. The van der Waals surface area contributed by atoms with Crippen LogP contribution in [0.25, 0.3) is 0 Å². The van der Waals surface area contributed by atoms with Crippen LogP contribution >= 0.6 is 0 Å². The Kier molecular flexibility index (Phi) is 4.76. The largest absolute Gasteiger partial charge is 0.509 e. The number of carbonyl (C=O) groups is 1. The second kappa shape index (κ2) is 6.38. The van der Waals surface area contributed by atoms with Crippen LogP contribution in [0.4, 0.5) is 9.18 Å². The van der Waals surface area contributed by atoms with E-state index in [0.717, 1.165) is 12.5 Å². The molecule has 1 saturated heterocycles. The Morgan fingerprint density at radius 2 is 2.10 bits per heavy atom. The lowest BCUT2D eigenvalue weighted by atomic mass is 10.00. The maximum atomic E-state index is 14.2. The lowest BCUT2D eigenvalue weighted by molar-refractivity contribution is -0.143. The van der Waals surface area contributed by atoms with Crippen LogP contribution in [0.3, 0.4) is 0 Å². The zero-order valence-corrected chi connectivity index (χ0v) is 11.4. The van der Waals surface area contributed by atoms with E-state index in [1.54, 1.807) is 24.3 Å². The molecule has 21 heavy (non-hydrogen) atoms. The first kappa shape index (κ1) is 15.7. The molecule has 0 aromatic heterocycles. The Morgan fingerprint density at radius 1 is 1.43 bits per heavy atom. The van der Waals surface area contributed by atoms with Gasteiger partial charge in [0.05, 0.1) is 6.61 Å². The highest BCUT2D eigenvalue weighted by molar-refractivity contribution is 5.60. The number of carbonyl (C=O) groups excluding carboxylic acids is 1. The number of hydrogen-bond donors (Lipinski definition) is 2. The first-order valence-corrected chi connectivity index (χ1v) is 6.45. The molecule has 0 aliphatic carbocycles. The molecule has 0 saturated carbocycles. The van der Waals surface area contributed by atoms with Gasteiger partial charge < -0.3 is 24.4 Å². The van der Waals surface area contributed by atoms with Crippen molar-refractivity contribution in [2.45, 2.75) is 37.7 Å². The third-order valence-corrected chi connectivity index (χ3v) is 3.28. The summed E-state index contributed by atoms with van der Waals surface area (Å²) in [6, 6.07) is 8.90. The molecule has 0 bridgehead atoms. The summed E-state index contributed by atoms with van der Waals surface area (Å²) >= 11 is 0. The Morgan fingerprint density at radius 3 is 2.71 bits per heavy atom. The third-order valence-electron chi connectivity index (χ3n) is 3.28. The summed E-state index contributed by atoms with van der Waals surface area (Å²) < 4.78 is 28.7.